The van der Waals surface area contributed by atoms with Gasteiger partial charge in [0.25, 0.3) is 0 Å². The van der Waals surface area contributed by atoms with Gasteiger partial charge in [-0.15, -0.1) is 11.3 Å². The van der Waals surface area contributed by atoms with Gasteiger partial charge in [-0.1, -0.05) is 31.2 Å². The van der Waals surface area contributed by atoms with Crippen molar-refractivity contribution >= 4 is 11.3 Å². The van der Waals surface area contributed by atoms with E-state index in [0.717, 1.165) is 0 Å². The second-order valence-corrected chi connectivity index (χ2v) is 5.27. The van der Waals surface area contributed by atoms with Crippen molar-refractivity contribution in [1.82, 2.24) is 0 Å². The summed E-state index contributed by atoms with van der Waals surface area (Å²) in [5, 5.41) is 0. The zero-order valence-corrected chi connectivity index (χ0v) is 10.6. The van der Waals surface area contributed by atoms with E-state index in [0.29, 0.717) is 12.5 Å². The number of nitrogens with two attached hydrogens (primary N) is 1. The van der Waals surface area contributed by atoms with E-state index >= 15 is 0 Å². The van der Waals surface area contributed by atoms with Gasteiger partial charge in [0.15, 0.2) is 0 Å². The van der Waals surface area contributed by atoms with Gasteiger partial charge >= 0.3 is 0 Å². The normalized spacial score (nSPS) is 12.7. The summed E-state index contributed by atoms with van der Waals surface area (Å²) in [5.41, 5.74) is 8.35. The van der Waals surface area contributed by atoms with Gasteiger partial charge in [-0.2, -0.15) is 0 Å². The van der Waals surface area contributed by atoms with Crippen LogP contribution in [0.25, 0.3) is 10.4 Å². The number of hydrogen-bond donors (Lipinski definition) is 1. The summed E-state index contributed by atoms with van der Waals surface area (Å²) in [7, 11) is 0. The molecule has 0 bridgehead atoms. The van der Waals surface area contributed by atoms with Crippen molar-refractivity contribution in [3.05, 3.63) is 46.8 Å². The Balaban J connectivity index is 2.35. The lowest BCUT2D eigenvalue weighted by Gasteiger charge is -2.04. The highest BCUT2D eigenvalue weighted by Gasteiger charge is 2.09. The van der Waals surface area contributed by atoms with Crippen molar-refractivity contribution < 1.29 is 0 Å². The summed E-state index contributed by atoms with van der Waals surface area (Å²) in [5.74, 6) is 0.461. The molecule has 1 unspecified atom stereocenters. The molecule has 0 spiro atoms. The van der Waals surface area contributed by atoms with Crippen LogP contribution in [0.15, 0.2) is 36.4 Å². The third-order valence-corrected chi connectivity index (χ3v) is 4.23. The number of hydrogen-bond acceptors (Lipinski definition) is 2. The second-order valence-electron chi connectivity index (χ2n) is 4.15. The van der Waals surface area contributed by atoms with Crippen LogP contribution >= 0.6 is 11.3 Å². The molecule has 1 heterocycles. The summed E-state index contributed by atoms with van der Waals surface area (Å²) in [6, 6.07) is 12.9. The summed E-state index contributed by atoms with van der Waals surface area (Å²) in [4.78, 5) is 2.72. The number of aryl methyl sites for hydroxylation is 1. The molecule has 84 valence electrons. The Morgan fingerprint density at radius 2 is 1.94 bits per heavy atom. The molecule has 1 aromatic carbocycles. The van der Waals surface area contributed by atoms with Crippen LogP contribution < -0.4 is 5.73 Å². The highest BCUT2D eigenvalue weighted by atomic mass is 32.1. The first-order valence-corrected chi connectivity index (χ1v) is 6.40. The predicted molar refractivity (Wildman–Crippen MR) is 72.0 cm³/mol. The molecule has 1 nitrogen and oxygen atoms in total. The van der Waals surface area contributed by atoms with Gasteiger partial charge in [0.2, 0.25) is 0 Å². The van der Waals surface area contributed by atoms with Crippen LogP contribution in [0.3, 0.4) is 0 Å². The van der Waals surface area contributed by atoms with Gasteiger partial charge in [0, 0.05) is 15.7 Å². The van der Waals surface area contributed by atoms with Crippen LogP contribution in [0.2, 0.25) is 0 Å². The maximum atomic E-state index is 5.69. The molecule has 0 aliphatic rings. The van der Waals surface area contributed by atoms with Crippen LogP contribution in [-0.4, -0.2) is 6.54 Å². The fourth-order valence-electron chi connectivity index (χ4n) is 1.73. The lowest BCUT2D eigenvalue weighted by molar-refractivity contribution is 0.790. The predicted octanol–water partition coefficient (Wildman–Crippen LogP) is 3.79. The quantitative estimate of drug-likeness (QED) is 0.854. The molecular weight excluding hydrogens is 214 g/mol. The fourth-order valence-corrected chi connectivity index (χ4v) is 2.89. The molecule has 1 aromatic heterocycles. The molecule has 0 radical (unpaired) electrons. The molecule has 2 aromatic rings. The monoisotopic (exact) mass is 231 g/mol. The standard InChI is InChI=1S/C14H17NS/c1-10-5-3-4-6-12(10)14-8-7-13(16-14)11(2)9-15/h3-8,11H,9,15H2,1-2H3. The first-order valence-electron chi connectivity index (χ1n) is 5.58. The minimum absolute atomic E-state index is 0.461. The molecule has 2 rings (SSSR count). The Morgan fingerprint density at radius 1 is 1.19 bits per heavy atom. The van der Waals surface area contributed by atoms with Crippen LogP contribution in [0.1, 0.15) is 23.3 Å². The van der Waals surface area contributed by atoms with Crippen molar-refractivity contribution in [3.8, 4) is 10.4 Å². The van der Waals surface area contributed by atoms with E-state index < -0.39 is 0 Å². The minimum atomic E-state index is 0.461. The molecule has 0 saturated heterocycles. The van der Waals surface area contributed by atoms with Crippen LogP contribution in [0.5, 0.6) is 0 Å². The topological polar surface area (TPSA) is 26.0 Å². The van der Waals surface area contributed by atoms with Gasteiger partial charge in [-0.25, -0.2) is 0 Å². The summed E-state index contributed by atoms with van der Waals surface area (Å²) < 4.78 is 0. The highest BCUT2D eigenvalue weighted by molar-refractivity contribution is 7.15. The number of benzene rings is 1. The van der Waals surface area contributed by atoms with E-state index in [1.165, 1.54) is 20.9 Å². The second kappa shape index (κ2) is 4.81. The summed E-state index contributed by atoms with van der Waals surface area (Å²) in [6.07, 6.45) is 0. The fraction of sp³-hybridized carbons (Fsp3) is 0.286. The molecule has 0 amide bonds. The first-order chi connectivity index (χ1) is 7.72. The minimum Gasteiger partial charge on any atom is -0.330 e. The van der Waals surface area contributed by atoms with Crippen molar-refractivity contribution in [2.45, 2.75) is 19.8 Å². The van der Waals surface area contributed by atoms with E-state index in [9.17, 15) is 0 Å². The van der Waals surface area contributed by atoms with Crippen LogP contribution in [0.4, 0.5) is 0 Å². The van der Waals surface area contributed by atoms with Gasteiger partial charge in [0.05, 0.1) is 0 Å². The Labute approximate surface area is 101 Å². The molecule has 16 heavy (non-hydrogen) atoms. The van der Waals surface area contributed by atoms with E-state index in [-0.39, 0.29) is 0 Å². The lowest BCUT2D eigenvalue weighted by atomic mass is 10.1. The van der Waals surface area contributed by atoms with Crippen LogP contribution in [-0.2, 0) is 0 Å². The van der Waals surface area contributed by atoms with E-state index in [1.54, 1.807) is 0 Å². The third kappa shape index (κ3) is 2.18. The smallest absolute Gasteiger partial charge is 0.0348 e. The highest BCUT2D eigenvalue weighted by Crippen LogP contribution is 2.33. The Hall–Kier alpha value is -1.12. The first kappa shape index (κ1) is 11.4. The van der Waals surface area contributed by atoms with Crippen molar-refractivity contribution in [3.63, 3.8) is 0 Å². The van der Waals surface area contributed by atoms with E-state index in [1.807, 2.05) is 11.3 Å². The SMILES string of the molecule is Cc1ccccc1-c1ccc(C(C)CN)s1. The maximum Gasteiger partial charge on any atom is 0.0348 e. The Kier molecular flexibility index (Phi) is 3.42. The molecule has 1 atom stereocenters. The van der Waals surface area contributed by atoms with Gasteiger partial charge in [-0.3, -0.25) is 0 Å². The van der Waals surface area contributed by atoms with E-state index in [4.69, 9.17) is 5.73 Å². The molecule has 2 N–H and O–H groups in total. The molecular formula is C14H17NS. The summed E-state index contributed by atoms with van der Waals surface area (Å²) in [6.45, 7) is 5.04. The Morgan fingerprint density at radius 3 is 2.62 bits per heavy atom. The molecule has 2 heteroatoms. The van der Waals surface area contributed by atoms with Crippen molar-refractivity contribution in [2.24, 2.45) is 5.73 Å². The molecule has 0 aliphatic heterocycles. The largest absolute Gasteiger partial charge is 0.330 e. The van der Waals surface area contributed by atoms with Gasteiger partial charge in [0.1, 0.15) is 0 Å². The van der Waals surface area contributed by atoms with Gasteiger partial charge in [-0.05, 0) is 36.7 Å². The average molecular weight is 231 g/mol. The zero-order chi connectivity index (χ0) is 11.5. The Bertz CT molecular complexity index is 473. The molecule has 0 fully saturated rings. The third-order valence-electron chi connectivity index (χ3n) is 2.88. The lowest BCUT2D eigenvalue weighted by Crippen LogP contribution is -2.06. The van der Waals surface area contributed by atoms with Crippen molar-refractivity contribution in [1.29, 1.82) is 0 Å². The molecule has 0 saturated carbocycles. The summed E-state index contributed by atoms with van der Waals surface area (Å²) >= 11 is 1.85. The van der Waals surface area contributed by atoms with Crippen molar-refractivity contribution in [2.75, 3.05) is 6.54 Å². The number of thiophene rings is 1. The van der Waals surface area contributed by atoms with E-state index in [2.05, 4.69) is 50.2 Å². The average Bonchev–Trinajstić information content (AvgIpc) is 2.78. The van der Waals surface area contributed by atoms with Gasteiger partial charge < -0.3 is 5.73 Å². The van der Waals surface area contributed by atoms with Crippen LogP contribution in [0, 0.1) is 6.92 Å². The maximum absolute atomic E-state index is 5.69. The molecule has 0 aliphatic carbocycles. The zero-order valence-electron chi connectivity index (χ0n) is 9.73. The number of rotatable bonds is 3.